The van der Waals surface area contributed by atoms with E-state index in [0.717, 1.165) is 80.2 Å². The first kappa shape index (κ1) is 55.7. The molecule has 8 aromatic rings. The number of ether oxygens (including phenoxy) is 4. The van der Waals surface area contributed by atoms with Gasteiger partial charge in [-0.15, -0.1) is 0 Å². The summed E-state index contributed by atoms with van der Waals surface area (Å²) in [5, 5.41) is 4.55. The molecule has 0 aromatic heterocycles. The van der Waals surface area contributed by atoms with Crippen molar-refractivity contribution in [3.63, 3.8) is 0 Å². The Morgan fingerprint density at radius 1 is 0.711 bits per heavy atom. The number of aryl methyl sites for hydroxylation is 2. The van der Waals surface area contributed by atoms with E-state index >= 15 is 13.2 Å². The van der Waals surface area contributed by atoms with Crippen LogP contribution in [0.15, 0.2) is 146 Å². The molecule has 12 rings (SSSR count). The van der Waals surface area contributed by atoms with Crippen molar-refractivity contribution in [2.24, 2.45) is 5.92 Å². The molecule has 2 aliphatic heterocycles. The Kier molecular flexibility index (Phi) is 15.0. The second-order valence-electron chi connectivity index (χ2n) is 23.9. The van der Waals surface area contributed by atoms with Gasteiger partial charge in [0.2, 0.25) is 0 Å². The van der Waals surface area contributed by atoms with Gasteiger partial charge in [-0.05, 0) is 185 Å². The minimum Gasteiger partial charge on any atom is -0.497 e. The smallest absolute Gasteiger partial charge is 0.416 e. The second kappa shape index (κ2) is 22.4. The summed E-state index contributed by atoms with van der Waals surface area (Å²) in [6.45, 7) is 12.7. The number of carbonyl (C=O) groups excluding carboxylic acids is 1. The number of nitrogens with one attached hydrogen (secondary N) is 1. The zero-order chi connectivity index (χ0) is 57.8. The molecule has 1 saturated carbocycles. The maximum atomic E-state index is 15.4. The van der Waals surface area contributed by atoms with Crippen LogP contribution in [0.2, 0.25) is 0 Å². The van der Waals surface area contributed by atoms with E-state index in [1.807, 2.05) is 106 Å². The Morgan fingerprint density at radius 3 is 2.02 bits per heavy atom. The molecule has 1 atom stereocenters. The Hall–Kier alpha value is -7.82. The van der Waals surface area contributed by atoms with E-state index in [-0.39, 0.29) is 11.5 Å². The Balaban J connectivity index is 0.895. The van der Waals surface area contributed by atoms with E-state index in [4.69, 9.17) is 18.9 Å². The van der Waals surface area contributed by atoms with Crippen molar-refractivity contribution >= 4 is 34.1 Å². The molecule has 1 N–H and O–H groups in total. The monoisotopic (exact) mass is 1110 g/mol. The van der Waals surface area contributed by atoms with Crippen LogP contribution < -0.4 is 24.4 Å². The van der Waals surface area contributed by atoms with Crippen molar-refractivity contribution in [3.8, 4) is 50.6 Å². The van der Waals surface area contributed by atoms with Gasteiger partial charge in [0, 0.05) is 63.1 Å². The number of unbranched alkanes of at least 4 members (excludes halogenated alkanes) is 2. The summed E-state index contributed by atoms with van der Waals surface area (Å²) in [6, 6.07) is 46.0. The van der Waals surface area contributed by atoms with E-state index < -0.39 is 22.8 Å². The van der Waals surface area contributed by atoms with Crippen LogP contribution in [-0.2, 0) is 21.9 Å². The predicted octanol–water partition coefficient (Wildman–Crippen LogP) is 18.4. The highest BCUT2D eigenvalue weighted by Gasteiger charge is 2.49. The summed E-state index contributed by atoms with van der Waals surface area (Å²) in [6.07, 6.45) is 10.0. The first-order valence-electron chi connectivity index (χ1n) is 29.6. The number of rotatable bonds is 14. The molecular weight excluding hydrogens is 1040 g/mol. The van der Waals surface area contributed by atoms with Gasteiger partial charge in [-0.3, -0.25) is 4.79 Å². The summed E-state index contributed by atoms with van der Waals surface area (Å²) in [5.74, 6) is 3.06. The molecule has 1 saturated heterocycles. The third-order valence-electron chi connectivity index (χ3n) is 18.4. The molecule has 0 spiro atoms. The molecule has 426 valence electrons. The van der Waals surface area contributed by atoms with Crippen LogP contribution in [-0.4, -0.2) is 46.4 Å². The molecule has 2 aliphatic carbocycles. The fraction of sp³-hybridized carbons (Fsp3) is 0.329. The van der Waals surface area contributed by atoms with E-state index in [0.29, 0.717) is 69.7 Å². The standard InChI is InChI=1S/C73H73F3N2O5/c1-8-9-10-11-47-12-14-48(15-13-47)49-16-18-50(19-17-49)51-20-22-52(23-21-51)70(79)77-55-28-33-58(46(3)42-55)60-43-61-62(44-65(60)81-7)69-59(68-66(61)63-40-45(2)41-64(73(74,75)76)67(63)71(68,4)5)34-35-72(83-69,54-26-31-57(80-6)32-27-54)53-24-29-56(30-25-53)78-36-38-82-39-37-78/h16-35,40-44,47-48H,8-15,36-39H2,1-7H3,(H,77,79). The van der Waals surface area contributed by atoms with Gasteiger partial charge in [0.15, 0.2) is 5.60 Å². The highest BCUT2D eigenvalue weighted by Crippen LogP contribution is 2.61. The zero-order valence-corrected chi connectivity index (χ0v) is 48.7. The van der Waals surface area contributed by atoms with Crippen LogP contribution in [0.5, 0.6) is 17.2 Å². The molecule has 8 aromatic carbocycles. The van der Waals surface area contributed by atoms with E-state index in [9.17, 15) is 4.79 Å². The fourth-order valence-corrected chi connectivity index (χ4v) is 14.0. The molecule has 2 heterocycles. The number of morpholine rings is 1. The molecule has 10 heteroatoms. The third kappa shape index (κ3) is 10.4. The fourth-order valence-electron chi connectivity index (χ4n) is 14.0. The average molecular weight is 1120 g/mol. The van der Waals surface area contributed by atoms with Crippen molar-refractivity contribution in [1.29, 1.82) is 0 Å². The van der Waals surface area contributed by atoms with Crippen molar-refractivity contribution in [2.45, 2.75) is 109 Å². The molecule has 0 radical (unpaired) electrons. The number of carbonyl (C=O) groups is 1. The highest BCUT2D eigenvalue weighted by molar-refractivity contribution is 6.11. The molecule has 1 unspecified atom stereocenters. The third-order valence-corrected chi connectivity index (χ3v) is 18.4. The lowest BCUT2D eigenvalue weighted by Gasteiger charge is -2.39. The van der Waals surface area contributed by atoms with Gasteiger partial charge >= 0.3 is 6.18 Å². The topological polar surface area (TPSA) is 69.3 Å². The summed E-state index contributed by atoms with van der Waals surface area (Å²) in [4.78, 5) is 16.2. The van der Waals surface area contributed by atoms with Crippen LogP contribution >= 0.6 is 0 Å². The number of amides is 1. The molecule has 7 nitrogen and oxygen atoms in total. The lowest BCUT2D eigenvalue weighted by Crippen LogP contribution is -2.37. The van der Waals surface area contributed by atoms with Crippen molar-refractivity contribution < 1.29 is 36.9 Å². The van der Waals surface area contributed by atoms with E-state index in [1.54, 1.807) is 21.1 Å². The number of benzene rings is 8. The molecule has 4 aliphatic rings. The van der Waals surface area contributed by atoms with Gasteiger partial charge < -0.3 is 29.2 Å². The van der Waals surface area contributed by atoms with Gasteiger partial charge in [0.1, 0.15) is 17.2 Å². The predicted molar refractivity (Wildman–Crippen MR) is 330 cm³/mol. The van der Waals surface area contributed by atoms with Gasteiger partial charge in [-0.25, -0.2) is 0 Å². The van der Waals surface area contributed by atoms with E-state index in [2.05, 4.69) is 77.8 Å². The highest BCUT2D eigenvalue weighted by atomic mass is 19.4. The molecule has 83 heavy (non-hydrogen) atoms. The van der Waals surface area contributed by atoms with Crippen molar-refractivity contribution in [1.82, 2.24) is 0 Å². The number of hydrogen-bond donors (Lipinski definition) is 1. The summed E-state index contributed by atoms with van der Waals surface area (Å²) in [5.41, 5.74) is 10.6. The summed E-state index contributed by atoms with van der Waals surface area (Å²) >= 11 is 0. The van der Waals surface area contributed by atoms with Crippen LogP contribution in [0.3, 0.4) is 0 Å². The van der Waals surface area contributed by atoms with Crippen molar-refractivity contribution in [2.75, 3.05) is 50.7 Å². The maximum Gasteiger partial charge on any atom is 0.416 e. The first-order valence-corrected chi connectivity index (χ1v) is 29.6. The molecular formula is C73H73F3N2O5. The molecule has 2 fully saturated rings. The Bertz CT molecular complexity index is 3760. The Morgan fingerprint density at radius 2 is 1.39 bits per heavy atom. The largest absolute Gasteiger partial charge is 0.497 e. The van der Waals surface area contributed by atoms with Gasteiger partial charge in [-0.2, -0.15) is 13.2 Å². The molecule has 1 amide bonds. The summed E-state index contributed by atoms with van der Waals surface area (Å²) < 4.78 is 71.5. The van der Waals surface area contributed by atoms with Crippen LogP contribution in [0, 0.1) is 19.8 Å². The zero-order valence-electron chi connectivity index (χ0n) is 48.7. The number of methoxy groups -OCH3 is 2. The lowest BCUT2D eigenvalue weighted by atomic mass is 9.75. The maximum absolute atomic E-state index is 15.4. The minimum atomic E-state index is -4.61. The number of hydrogen-bond acceptors (Lipinski definition) is 6. The van der Waals surface area contributed by atoms with Gasteiger partial charge in [-0.1, -0.05) is 125 Å². The van der Waals surface area contributed by atoms with Crippen LogP contribution in [0.1, 0.15) is 138 Å². The number of nitrogens with zero attached hydrogens (tertiary/aromatic N) is 1. The van der Waals surface area contributed by atoms with E-state index in [1.165, 1.54) is 63.0 Å². The minimum absolute atomic E-state index is 0.226. The Labute approximate surface area is 486 Å². The number of halogens is 3. The number of anilines is 2. The first-order chi connectivity index (χ1) is 40.1. The summed E-state index contributed by atoms with van der Waals surface area (Å²) in [7, 11) is 3.26. The lowest BCUT2D eigenvalue weighted by molar-refractivity contribution is -0.138. The van der Waals surface area contributed by atoms with Gasteiger partial charge in [0.05, 0.1) is 33.0 Å². The van der Waals surface area contributed by atoms with Crippen LogP contribution in [0.4, 0.5) is 24.5 Å². The quantitative estimate of drug-likeness (QED) is 0.109. The van der Waals surface area contributed by atoms with Gasteiger partial charge in [0.25, 0.3) is 5.91 Å². The number of alkyl halides is 3. The average Bonchev–Trinajstić information content (AvgIpc) is 1.90. The van der Waals surface area contributed by atoms with Crippen LogP contribution in [0.25, 0.3) is 50.2 Å². The second-order valence-corrected chi connectivity index (χ2v) is 23.9. The van der Waals surface area contributed by atoms with Crippen molar-refractivity contribution in [3.05, 3.63) is 201 Å². The SMILES string of the molecule is CCCCCC1CCC(c2ccc(-c3ccc(C(=O)Nc4ccc(-c5cc6c7c(c8c(c6cc5OC)OC(c5ccc(OC)cc5)(c5ccc(N6CCOCC6)cc5)C=C8)C(C)(C)c5c-7cc(C)cc5C(F)(F)F)c(C)c4)cc3)cc2)CC1. The normalized spacial score (nSPS) is 18.9. The molecule has 0 bridgehead atoms. The number of fused-ring (bicyclic) bond motifs is 8.